The average molecular weight is 366 g/mol. The highest BCUT2D eigenvalue weighted by molar-refractivity contribution is 5.59. The number of ether oxygens (including phenoxy) is 3. The van der Waals surface area contributed by atoms with Crippen molar-refractivity contribution in [3.8, 4) is 0 Å². The van der Waals surface area contributed by atoms with E-state index >= 15 is 0 Å². The van der Waals surface area contributed by atoms with Crippen LogP contribution in [-0.4, -0.2) is 49.9 Å². The fraction of sp³-hybridized carbons (Fsp3) is 0.875. The standard InChI is InChI=1S/C16H30O9/c1-7-15(3,4)24-22-13(17)20-11-9-19-10-12-21-14(18)23-25-16(5,6)8-2/h7-12H2,1-6H3. The average Bonchev–Trinajstić information content (AvgIpc) is 2.57. The van der Waals surface area contributed by atoms with Gasteiger partial charge in [0.2, 0.25) is 0 Å². The summed E-state index contributed by atoms with van der Waals surface area (Å²) in [5.74, 6) is 0. The maximum atomic E-state index is 11.2. The van der Waals surface area contributed by atoms with Crippen molar-refractivity contribution < 1.29 is 43.3 Å². The van der Waals surface area contributed by atoms with Crippen LogP contribution in [0.2, 0.25) is 0 Å². The molecule has 9 nitrogen and oxygen atoms in total. The predicted molar refractivity (Wildman–Crippen MR) is 86.6 cm³/mol. The molecule has 0 fully saturated rings. The molecule has 0 aliphatic heterocycles. The Balaban J connectivity index is 3.55. The van der Waals surface area contributed by atoms with Gasteiger partial charge in [0.1, 0.15) is 24.4 Å². The van der Waals surface area contributed by atoms with Crippen molar-refractivity contribution in [2.45, 2.75) is 65.6 Å². The topological polar surface area (TPSA) is 98.8 Å². The van der Waals surface area contributed by atoms with Crippen LogP contribution in [-0.2, 0) is 33.8 Å². The Morgan fingerprint density at radius 2 is 1.04 bits per heavy atom. The SMILES string of the molecule is CCC(C)(C)OOC(=O)OCCOCCOC(=O)OOC(C)(C)CC. The monoisotopic (exact) mass is 366 g/mol. The molecule has 0 spiro atoms. The molecule has 0 atom stereocenters. The fourth-order valence-electron chi connectivity index (χ4n) is 0.930. The maximum absolute atomic E-state index is 11.2. The van der Waals surface area contributed by atoms with Crippen molar-refractivity contribution in [1.29, 1.82) is 0 Å². The molecule has 0 aromatic heterocycles. The molecule has 9 heteroatoms. The van der Waals surface area contributed by atoms with Crippen LogP contribution in [0.1, 0.15) is 54.4 Å². The largest absolute Gasteiger partial charge is 0.540 e. The van der Waals surface area contributed by atoms with Gasteiger partial charge in [-0.1, -0.05) is 13.8 Å². The molecule has 0 saturated heterocycles. The summed E-state index contributed by atoms with van der Waals surface area (Å²) in [5, 5.41) is 0. The molecule has 25 heavy (non-hydrogen) atoms. The number of carbonyl (C=O) groups is 2. The van der Waals surface area contributed by atoms with Gasteiger partial charge in [0.25, 0.3) is 0 Å². The van der Waals surface area contributed by atoms with Crippen molar-refractivity contribution in [3.63, 3.8) is 0 Å². The highest BCUT2D eigenvalue weighted by Crippen LogP contribution is 2.14. The van der Waals surface area contributed by atoms with Crippen molar-refractivity contribution in [2.24, 2.45) is 0 Å². The summed E-state index contributed by atoms with van der Waals surface area (Å²) in [6.07, 6.45) is -0.541. The first-order valence-corrected chi connectivity index (χ1v) is 8.24. The minimum Gasteiger partial charge on any atom is -0.430 e. The highest BCUT2D eigenvalue weighted by atomic mass is 17.2. The van der Waals surface area contributed by atoms with E-state index in [-0.39, 0.29) is 26.4 Å². The fourth-order valence-corrected chi connectivity index (χ4v) is 0.930. The molecule has 0 saturated carbocycles. The van der Waals surface area contributed by atoms with E-state index in [1.54, 1.807) is 27.7 Å². The lowest BCUT2D eigenvalue weighted by atomic mass is 10.1. The molecule has 0 aliphatic carbocycles. The Labute approximate surface area is 148 Å². The quantitative estimate of drug-likeness (QED) is 0.222. The van der Waals surface area contributed by atoms with Gasteiger partial charge in [-0.25, -0.2) is 9.59 Å². The van der Waals surface area contributed by atoms with Gasteiger partial charge in [0.15, 0.2) is 0 Å². The van der Waals surface area contributed by atoms with E-state index in [9.17, 15) is 9.59 Å². The summed E-state index contributed by atoms with van der Waals surface area (Å²) in [4.78, 5) is 41.3. The number of carbonyl (C=O) groups excluding carboxylic acids is 2. The van der Waals surface area contributed by atoms with Gasteiger partial charge in [-0.15, -0.1) is 0 Å². The van der Waals surface area contributed by atoms with Gasteiger partial charge in [-0.2, -0.15) is 9.78 Å². The van der Waals surface area contributed by atoms with Gasteiger partial charge in [-0.3, -0.25) is 9.78 Å². The first kappa shape index (κ1) is 23.4. The number of hydrogen-bond acceptors (Lipinski definition) is 9. The molecule has 0 aromatic carbocycles. The molecule has 0 rings (SSSR count). The number of rotatable bonds is 12. The molecule has 0 amide bonds. The summed E-state index contributed by atoms with van der Waals surface area (Å²) in [6, 6.07) is 0. The summed E-state index contributed by atoms with van der Waals surface area (Å²) in [5.41, 5.74) is -1.14. The maximum Gasteiger partial charge on any atom is 0.540 e. The van der Waals surface area contributed by atoms with Gasteiger partial charge in [0.05, 0.1) is 13.2 Å². The number of hydrogen-bond donors (Lipinski definition) is 0. The second kappa shape index (κ2) is 11.9. The first-order valence-electron chi connectivity index (χ1n) is 8.24. The molecular formula is C16H30O9. The Kier molecular flexibility index (Phi) is 11.1. The predicted octanol–water partition coefficient (Wildman–Crippen LogP) is 3.55. The van der Waals surface area contributed by atoms with Crippen LogP contribution in [0.4, 0.5) is 9.59 Å². The molecule has 0 unspecified atom stereocenters. The molecule has 0 heterocycles. The molecular weight excluding hydrogens is 336 g/mol. The van der Waals surface area contributed by atoms with Crippen LogP contribution < -0.4 is 0 Å². The molecule has 0 aliphatic rings. The first-order chi connectivity index (χ1) is 11.6. The van der Waals surface area contributed by atoms with E-state index in [1.165, 1.54) is 0 Å². The van der Waals surface area contributed by atoms with E-state index < -0.39 is 23.5 Å². The summed E-state index contributed by atoms with van der Waals surface area (Å²) >= 11 is 0. The van der Waals surface area contributed by atoms with Gasteiger partial charge >= 0.3 is 12.3 Å². The van der Waals surface area contributed by atoms with E-state index in [0.29, 0.717) is 12.8 Å². The molecule has 148 valence electrons. The van der Waals surface area contributed by atoms with Crippen molar-refractivity contribution in [1.82, 2.24) is 0 Å². The highest BCUT2D eigenvalue weighted by Gasteiger charge is 2.21. The third-order valence-electron chi connectivity index (χ3n) is 3.27. The third kappa shape index (κ3) is 13.4. The summed E-state index contributed by atoms with van der Waals surface area (Å²) in [7, 11) is 0. The van der Waals surface area contributed by atoms with E-state index in [2.05, 4.69) is 9.78 Å². The van der Waals surface area contributed by atoms with Crippen LogP contribution in [0.25, 0.3) is 0 Å². The van der Waals surface area contributed by atoms with Crippen molar-refractivity contribution in [2.75, 3.05) is 26.4 Å². The van der Waals surface area contributed by atoms with Crippen molar-refractivity contribution >= 4 is 12.3 Å². The zero-order valence-electron chi connectivity index (χ0n) is 15.9. The lowest BCUT2D eigenvalue weighted by Crippen LogP contribution is -2.26. The minimum atomic E-state index is -0.944. The van der Waals surface area contributed by atoms with E-state index in [0.717, 1.165) is 0 Å². The molecule has 0 radical (unpaired) electrons. The molecule has 0 aromatic rings. The lowest BCUT2D eigenvalue weighted by Gasteiger charge is -2.20. The smallest absolute Gasteiger partial charge is 0.430 e. The molecule has 0 N–H and O–H groups in total. The lowest BCUT2D eigenvalue weighted by molar-refractivity contribution is -0.318. The van der Waals surface area contributed by atoms with Gasteiger partial charge < -0.3 is 14.2 Å². The zero-order valence-corrected chi connectivity index (χ0v) is 15.9. The van der Waals surface area contributed by atoms with Crippen LogP contribution in [0.5, 0.6) is 0 Å². The Morgan fingerprint density at radius 1 is 0.680 bits per heavy atom. The normalized spacial score (nSPS) is 11.8. The van der Waals surface area contributed by atoms with Crippen LogP contribution in [0.3, 0.4) is 0 Å². The minimum absolute atomic E-state index is 0.0208. The third-order valence-corrected chi connectivity index (χ3v) is 3.27. The Bertz CT molecular complexity index is 357. The molecule has 0 bridgehead atoms. The van der Waals surface area contributed by atoms with Crippen LogP contribution in [0.15, 0.2) is 0 Å². The second-order valence-corrected chi connectivity index (χ2v) is 6.37. The zero-order chi connectivity index (χ0) is 19.3. The second-order valence-electron chi connectivity index (χ2n) is 6.37. The van der Waals surface area contributed by atoms with E-state index in [4.69, 9.17) is 24.0 Å². The Hall–Kier alpha value is -1.58. The van der Waals surface area contributed by atoms with Gasteiger partial charge in [-0.05, 0) is 40.5 Å². The van der Waals surface area contributed by atoms with Gasteiger partial charge in [0, 0.05) is 0 Å². The van der Waals surface area contributed by atoms with E-state index in [1.807, 2.05) is 13.8 Å². The van der Waals surface area contributed by atoms with Crippen molar-refractivity contribution in [3.05, 3.63) is 0 Å². The van der Waals surface area contributed by atoms with Crippen LogP contribution in [0, 0.1) is 0 Å². The van der Waals surface area contributed by atoms with Crippen LogP contribution >= 0.6 is 0 Å². The summed E-state index contributed by atoms with van der Waals surface area (Å²) in [6.45, 7) is 11.1. The Morgan fingerprint density at radius 3 is 1.36 bits per heavy atom. The summed E-state index contributed by atoms with van der Waals surface area (Å²) < 4.78 is 14.6.